The number of para-hydroxylation sites is 1. The number of carbonyl (C=O) groups is 1. The number of aryl methyl sites for hydroxylation is 1. The fourth-order valence-electron chi connectivity index (χ4n) is 3.81. The van der Waals surface area contributed by atoms with Gasteiger partial charge in [0.25, 0.3) is 5.91 Å². The maximum atomic E-state index is 13.1. The molecule has 0 atom stereocenters. The number of rotatable bonds is 4. The molecule has 33 heavy (non-hydrogen) atoms. The van der Waals surface area contributed by atoms with E-state index in [1.807, 2.05) is 54.1 Å². The highest BCUT2D eigenvalue weighted by Gasteiger charge is 2.19. The van der Waals surface area contributed by atoms with Crippen LogP contribution in [0.1, 0.15) is 16.1 Å². The van der Waals surface area contributed by atoms with Crippen molar-refractivity contribution in [2.45, 2.75) is 6.92 Å². The molecular formula is C27H19Cl2N3O. The van der Waals surface area contributed by atoms with Crippen LogP contribution in [0.3, 0.4) is 0 Å². The zero-order valence-corrected chi connectivity index (χ0v) is 19.2. The van der Waals surface area contributed by atoms with Crippen molar-refractivity contribution in [3.8, 4) is 16.9 Å². The Morgan fingerprint density at radius 3 is 2.39 bits per heavy atom. The second-order valence-corrected chi connectivity index (χ2v) is 8.60. The second kappa shape index (κ2) is 8.74. The van der Waals surface area contributed by atoms with Gasteiger partial charge in [-0.3, -0.25) is 4.79 Å². The van der Waals surface area contributed by atoms with Crippen LogP contribution in [-0.2, 0) is 0 Å². The third-order valence-electron chi connectivity index (χ3n) is 5.51. The quantitative estimate of drug-likeness (QED) is 0.293. The Balaban J connectivity index is 1.61. The van der Waals surface area contributed by atoms with Crippen molar-refractivity contribution in [2.75, 3.05) is 5.32 Å². The van der Waals surface area contributed by atoms with E-state index >= 15 is 0 Å². The van der Waals surface area contributed by atoms with E-state index < -0.39 is 0 Å². The number of halogens is 2. The first kappa shape index (κ1) is 21.3. The fraction of sp³-hybridized carbons (Fsp3) is 0.0370. The van der Waals surface area contributed by atoms with Gasteiger partial charge in [0.1, 0.15) is 0 Å². The standard InChI is InChI=1S/C27H19Cl2N3O/c1-17-6-2-5-9-25(17)32-26(20-11-10-18-7-3-4-8-19(18)14-20)16-24(31-32)27(33)30-23-13-12-21(28)15-22(23)29/h2-16H,1H3,(H,30,33). The maximum absolute atomic E-state index is 13.1. The van der Waals surface area contributed by atoms with Gasteiger partial charge < -0.3 is 5.32 Å². The molecule has 1 N–H and O–H groups in total. The molecule has 0 bridgehead atoms. The minimum Gasteiger partial charge on any atom is -0.319 e. The third kappa shape index (κ3) is 4.23. The van der Waals surface area contributed by atoms with E-state index in [1.165, 1.54) is 0 Å². The van der Waals surface area contributed by atoms with Gasteiger partial charge in [-0.2, -0.15) is 5.10 Å². The lowest BCUT2D eigenvalue weighted by molar-refractivity contribution is 0.102. The van der Waals surface area contributed by atoms with Gasteiger partial charge in [0.15, 0.2) is 5.69 Å². The average Bonchev–Trinajstić information content (AvgIpc) is 3.26. The summed E-state index contributed by atoms with van der Waals surface area (Å²) in [6, 6.07) is 29.1. The van der Waals surface area contributed by atoms with Crippen molar-refractivity contribution in [2.24, 2.45) is 0 Å². The average molecular weight is 472 g/mol. The summed E-state index contributed by atoms with van der Waals surface area (Å²) in [6.45, 7) is 2.02. The lowest BCUT2D eigenvalue weighted by atomic mass is 10.0. The lowest BCUT2D eigenvalue weighted by Gasteiger charge is -2.11. The molecule has 4 aromatic carbocycles. The molecule has 6 heteroatoms. The molecule has 5 rings (SSSR count). The Hall–Kier alpha value is -3.60. The van der Waals surface area contributed by atoms with Crippen LogP contribution in [0.5, 0.6) is 0 Å². The van der Waals surface area contributed by atoms with Gasteiger partial charge >= 0.3 is 0 Å². The summed E-state index contributed by atoms with van der Waals surface area (Å²) in [5.41, 5.74) is 4.51. The highest BCUT2D eigenvalue weighted by molar-refractivity contribution is 6.36. The molecule has 1 heterocycles. The zero-order chi connectivity index (χ0) is 22.9. The van der Waals surface area contributed by atoms with Crippen molar-refractivity contribution in [3.05, 3.63) is 112 Å². The Morgan fingerprint density at radius 2 is 1.61 bits per heavy atom. The van der Waals surface area contributed by atoms with Gasteiger partial charge in [-0.25, -0.2) is 4.68 Å². The zero-order valence-electron chi connectivity index (χ0n) is 17.7. The van der Waals surface area contributed by atoms with Crippen molar-refractivity contribution >= 4 is 45.6 Å². The van der Waals surface area contributed by atoms with Crippen LogP contribution < -0.4 is 5.32 Å². The molecule has 1 aromatic heterocycles. The number of carbonyl (C=O) groups excluding carboxylic acids is 1. The number of nitrogens with zero attached hydrogens (tertiary/aromatic N) is 2. The molecule has 0 saturated heterocycles. The van der Waals surface area contributed by atoms with E-state index in [0.29, 0.717) is 15.7 Å². The molecule has 0 aliphatic heterocycles. The smallest absolute Gasteiger partial charge is 0.276 e. The number of hydrogen-bond acceptors (Lipinski definition) is 2. The molecule has 162 valence electrons. The maximum Gasteiger partial charge on any atom is 0.276 e. The van der Waals surface area contributed by atoms with Crippen molar-refractivity contribution in [1.29, 1.82) is 0 Å². The third-order valence-corrected chi connectivity index (χ3v) is 6.06. The van der Waals surface area contributed by atoms with Gasteiger partial charge in [-0.1, -0.05) is 77.8 Å². The van der Waals surface area contributed by atoms with Crippen molar-refractivity contribution in [3.63, 3.8) is 0 Å². The van der Waals surface area contributed by atoms with Crippen LogP contribution in [0.25, 0.3) is 27.7 Å². The second-order valence-electron chi connectivity index (χ2n) is 7.75. The topological polar surface area (TPSA) is 46.9 Å². The molecule has 4 nitrogen and oxygen atoms in total. The fourth-order valence-corrected chi connectivity index (χ4v) is 4.26. The first-order valence-corrected chi connectivity index (χ1v) is 11.2. The number of benzene rings is 4. The van der Waals surface area contributed by atoms with Crippen LogP contribution in [0.2, 0.25) is 10.0 Å². The van der Waals surface area contributed by atoms with E-state index in [1.54, 1.807) is 24.3 Å². The summed E-state index contributed by atoms with van der Waals surface area (Å²) in [6.07, 6.45) is 0. The van der Waals surface area contributed by atoms with Gasteiger partial charge in [0.05, 0.1) is 22.1 Å². The van der Waals surface area contributed by atoms with Gasteiger partial charge in [-0.15, -0.1) is 0 Å². The summed E-state index contributed by atoms with van der Waals surface area (Å²) >= 11 is 12.2. The Labute approximate surface area is 201 Å². The SMILES string of the molecule is Cc1ccccc1-n1nc(C(=O)Nc2ccc(Cl)cc2Cl)cc1-c1ccc2ccccc2c1. The predicted octanol–water partition coefficient (Wildman–Crippen LogP) is 7.56. The Kier molecular flexibility index (Phi) is 5.63. The van der Waals surface area contributed by atoms with E-state index in [-0.39, 0.29) is 11.6 Å². The lowest BCUT2D eigenvalue weighted by Crippen LogP contribution is -2.13. The van der Waals surface area contributed by atoms with E-state index in [0.717, 1.165) is 33.3 Å². The van der Waals surface area contributed by atoms with Crippen LogP contribution >= 0.6 is 23.2 Å². The van der Waals surface area contributed by atoms with Crippen LogP contribution in [0.4, 0.5) is 5.69 Å². The van der Waals surface area contributed by atoms with Crippen LogP contribution in [-0.4, -0.2) is 15.7 Å². The van der Waals surface area contributed by atoms with Crippen LogP contribution in [0.15, 0.2) is 91.0 Å². The summed E-state index contributed by atoms with van der Waals surface area (Å²) in [7, 11) is 0. The van der Waals surface area contributed by atoms with Crippen molar-refractivity contribution < 1.29 is 4.79 Å². The van der Waals surface area contributed by atoms with Crippen molar-refractivity contribution in [1.82, 2.24) is 9.78 Å². The highest BCUT2D eigenvalue weighted by Crippen LogP contribution is 2.30. The van der Waals surface area contributed by atoms with Gasteiger partial charge in [-0.05, 0) is 59.7 Å². The number of fused-ring (bicyclic) bond motifs is 1. The molecule has 0 radical (unpaired) electrons. The van der Waals surface area contributed by atoms with Gasteiger partial charge in [0, 0.05) is 10.6 Å². The molecule has 0 aliphatic rings. The number of anilines is 1. The largest absolute Gasteiger partial charge is 0.319 e. The van der Waals surface area contributed by atoms with Gasteiger partial charge in [0.2, 0.25) is 0 Å². The molecule has 0 saturated carbocycles. The molecular weight excluding hydrogens is 453 g/mol. The number of nitrogens with one attached hydrogen (secondary N) is 1. The summed E-state index contributed by atoms with van der Waals surface area (Å²) in [5.74, 6) is -0.353. The number of aromatic nitrogens is 2. The molecule has 0 fully saturated rings. The summed E-state index contributed by atoms with van der Waals surface area (Å²) in [5, 5.41) is 10.6. The molecule has 0 aliphatic carbocycles. The monoisotopic (exact) mass is 471 g/mol. The predicted molar refractivity (Wildman–Crippen MR) is 136 cm³/mol. The number of amides is 1. The van der Waals surface area contributed by atoms with E-state index in [9.17, 15) is 4.79 Å². The Bertz CT molecular complexity index is 1510. The minimum absolute atomic E-state index is 0.285. The normalized spacial score (nSPS) is 11.0. The summed E-state index contributed by atoms with van der Waals surface area (Å²) in [4.78, 5) is 13.1. The molecule has 0 unspecified atom stereocenters. The van der Waals surface area contributed by atoms with Crippen LogP contribution in [0, 0.1) is 6.92 Å². The minimum atomic E-state index is -0.353. The molecule has 0 spiro atoms. The highest BCUT2D eigenvalue weighted by atomic mass is 35.5. The molecule has 1 amide bonds. The molecule has 5 aromatic rings. The summed E-state index contributed by atoms with van der Waals surface area (Å²) < 4.78 is 1.82. The first-order chi connectivity index (χ1) is 16.0. The van der Waals surface area contributed by atoms with E-state index in [4.69, 9.17) is 23.2 Å². The number of hydrogen-bond donors (Lipinski definition) is 1. The van der Waals surface area contributed by atoms with E-state index in [2.05, 4.69) is 34.7 Å². The Morgan fingerprint density at radius 1 is 0.848 bits per heavy atom. The first-order valence-electron chi connectivity index (χ1n) is 10.4.